The van der Waals surface area contributed by atoms with Crippen LogP contribution in [-0.4, -0.2) is 31.2 Å². The maximum absolute atomic E-state index is 2.41. The van der Waals surface area contributed by atoms with Gasteiger partial charge in [-0.05, 0) is 6.42 Å². The molecule has 0 N–H and O–H groups in total. The molecule has 1 aliphatic heterocycles. The zero-order chi connectivity index (χ0) is 8.65. The molecule has 0 spiro atoms. The van der Waals surface area contributed by atoms with Gasteiger partial charge in [0.2, 0.25) is 0 Å². The van der Waals surface area contributed by atoms with E-state index in [2.05, 4.69) is 34.9 Å². The van der Waals surface area contributed by atoms with Crippen molar-refractivity contribution in [1.29, 1.82) is 0 Å². The molecule has 11 heavy (non-hydrogen) atoms. The van der Waals surface area contributed by atoms with Gasteiger partial charge in [-0.15, -0.1) is 0 Å². The van der Waals surface area contributed by atoms with Crippen LogP contribution in [0.25, 0.3) is 0 Å². The van der Waals surface area contributed by atoms with E-state index in [-0.39, 0.29) is 0 Å². The summed E-state index contributed by atoms with van der Waals surface area (Å²) in [6.07, 6.45) is 1.33. The summed E-state index contributed by atoms with van der Waals surface area (Å²) in [5.41, 5.74) is 0. The van der Waals surface area contributed by atoms with Gasteiger partial charge in [-0.1, -0.05) is 20.8 Å². The lowest BCUT2D eigenvalue weighted by atomic mass is 9.93. The second-order valence-corrected chi connectivity index (χ2v) is 4.77. The van der Waals surface area contributed by atoms with E-state index in [1.54, 1.807) is 0 Å². The lowest BCUT2D eigenvalue weighted by Gasteiger charge is -2.32. The minimum Gasteiger partial charge on any atom is -0.326 e. The Labute approximate surface area is 71.0 Å². The lowest BCUT2D eigenvalue weighted by Crippen LogP contribution is -2.45. The first-order chi connectivity index (χ1) is 4.99. The Morgan fingerprint density at radius 3 is 2.00 bits per heavy atom. The van der Waals surface area contributed by atoms with E-state index in [9.17, 15) is 0 Å². The molecule has 0 radical (unpaired) electrons. The second kappa shape index (κ2) is 2.78. The minimum atomic E-state index is 0.894. The summed E-state index contributed by atoms with van der Waals surface area (Å²) in [4.78, 5) is 0. The highest BCUT2D eigenvalue weighted by atomic mass is 15.4. The van der Waals surface area contributed by atoms with Crippen LogP contribution < -0.4 is 0 Å². The lowest BCUT2D eigenvalue weighted by molar-refractivity contribution is -0.905. The summed E-state index contributed by atoms with van der Waals surface area (Å²) in [7, 11) is 4.74. The molecule has 0 aromatic rings. The molecule has 1 fully saturated rings. The Morgan fingerprint density at radius 1 is 1.27 bits per heavy atom. The normalized spacial score (nSPS) is 42.8. The maximum Gasteiger partial charge on any atom is 0.0914 e. The second-order valence-electron chi connectivity index (χ2n) is 4.77. The summed E-state index contributed by atoms with van der Waals surface area (Å²) in [6.45, 7) is 8.48. The van der Waals surface area contributed by atoms with Crippen molar-refractivity contribution in [2.45, 2.75) is 33.2 Å². The number of nitrogens with zero attached hydrogens (tertiary/aromatic N) is 1. The molecule has 3 atom stereocenters. The molecular formula is C10H22N+. The fourth-order valence-corrected chi connectivity index (χ4v) is 2.93. The Bertz CT molecular complexity index is 140. The third kappa shape index (κ3) is 1.44. The van der Waals surface area contributed by atoms with Gasteiger partial charge < -0.3 is 4.48 Å². The van der Waals surface area contributed by atoms with Crippen LogP contribution in [0.1, 0.15) is 27.2 Å². The highest BCUT2D eigenvalue weighted by molar-refractivity contribution is 4.77. The number of hydrogen-bond acceptors (Lipinski definition) is 0. The smallest absolute Gasteiger partial charge is 0.0914 e. The quantitative estimate of drug-likeness (QED) is 0.510. The van der Waals surface area contributed by atoms with Crippen LogP contribution in [0.2, 0.25) is 0 Å². The largest absolute Gasteiger partial charge is 0.326 e. The first kappa shape index (κ1) is 9.05. The van der Waals surface area contributed by atoms with Crippen LogP contribution in [-0.2, 0) is 0 Å². The van der Waals surface area contributed by atoms with E-state index in [0.29, 0.717) is 0 Å². The minimum absolute atomic E-state index is 0.894. The predicted octanol–water partition coefficient (Wildman–Crippen LogP) is 2.13. The summed E-state index contributed by atoms with van der Waals surface area (Å²) in [5.74, 6) is 1.82. The number of hydrogen-bond donors (Lipinski definition) is 0. The third-order valence-corrected chi connectivity index (χ3v) is 3.58. The summed E-state index contributed by atoms with van der Waals surface area (Å²) in [6, 6.07) is 0.894. The van der Waals surface area contributed by atoms with Crippen molar-refractivity contribution < 1.29 is 4.48 Å². The first-order valence-electron chi connectivity index (χ1n) is 4.81. The van der Waals surface area contributed by atoms with Gasteiger partial charge in [0.15, 0.2) is 0 Å². The Hall–Kier alpha value is -0.0400. The van der Waals surface area contributed by atoms with E-state index in [4.69, 9.17) is 0 Å². The van der Waals surface area contributed by atoms with E-state index >= 15 is 0 Å². The fourth-order valence-electron chi connectivity index (χ4n) is 2.93. The van der Waals surface area contributed by atoms with E-state index < -0.39 is 0 Å². The molecule has 1 aliphatic rings. The van der Waals surface area contributed by atoms with Crippen LogP contribution in [0.15, 0.2) is 0 Å². The number of quaternary nitrogens is 1. The third-order valence-electron chi connectivity index (χ3n) is 3.58. The molecule has 3 unspecified atom stereocenters. The van der Waals surface area contributed by atoms with Gasteiger partial charge in [-0.3, -0.25) is 0 Å². The van der Waals surface area contributed by atoms with E-state index in [1.165, 1.54) is 17.4 Å². The van der Waals surface area contributed by atoms with Crippen LogP contribution in [0.5, 0.6) is 0 Å². The molecule has 1 saturated heterocycles. The zero-order valence-corrected chi connectivity index (χ0v) is 8.59. The molecule has 1 nitrogen and oxygen atoms in total. The Morgan fingerprint density at radius 2 is 1.82 bits per heavy atom. The molecule has 66 valence electrons. The van der Waals surface area contributed by atoms with Crippen molar-refractivity contribution in [2.75, 3.05) is 20.6 Å². The van der Waals surface area contributed by atoms with Crippen molar-refractivity contribution >= 4 is 0 Å². The molecule has 1 heteroatoms. The maximum atomic E-state index is 2.41. The summed E-state index contributed by atoms with van der Waals surface area (Å²) < 4.78 is 1.23. The van der Waals surface area contributed by atoms with E-state index in [0.717, 1.165) is 17.9 Å². The van der Waals surface area contributed by atoms with Crippen LogP contribution >= 0.6 is 0 Å². The van der Waals surface area contributed by atoms with E-state index in [1.807, 2.05) is 0 Å². The Kier molecular flexibility index (Phi) is 2.29. The van der Waals surface area contributed by atoms with Crippen molar-refractivity contribution in [2.24, 2.45) is 11.8 Å². The van der Waals surface area contributed by atoms with Crippen molar-refractivity contribution in [3.05, 3.63) is 0 Å². The number of rotatable bonds is 1. The topological polar surface area (TPSA) is 0 Å². The first-order valence-corrected chi connectivity index (χ1v) is 4.81. The number of likely N-dealkylation sites (tertiary alicyclic amines) is 1. The molecule has 1 heterocycles. The average Bonchev–Trinajstić information content (AvgIpc) is 2.03. The highest BCUT2D eigenvalue weighted by Crippen LogP contribution is 2.34. The SMILES string of the molecule is CCC1C(C)C(C)C[N+]1(C)C. The van der Waals surface area contributed by atoms with Crippen LogP contribution in [0.3, 0.4) is 0 Å². The molecule has 0 aromatic heterocycles. The van der Waals surface area contributed by atoms with Gasteiger partial charge in [0.05, 0.1) is 26.7 Å². The zero-order valence-electron chi connectivity index (χ0n) is 8.59. The fraction of sp³-hybridized carbons (Fsp3) is 1.00. The van der Waals surface area contributed by atoms with Crippen molar-refractivity contribution in [1.82, 2.24) is 0 Å². The Balaban J connectivity index is 2.73. The monoisotopic (exact) mass is 156 g/mol. The van der Waals surface area contributed by atoms with Gasteiger partial charge in [0, 0.05) is 11.8 Å². The molecule has 1 rings (SSSR count). The molecule has 0 amide bonds. The predicted molar refractivity (Wildman–Crippen MR) is 49.4 cm³/mol. The van der Waals surface area contributed by atoms with Crippen molar-refractivity contribution in [3.63, 3.8) is 0 Å². The van der Waals surface area contributed by atoms with Gasteiger partial charge >= 0.3 is 0 Å². The molecule has 0 aromatic carbocycles. The van der Waals surface area contributed by atoms with Crippen LogP contribution in [0.4, 0.5) is 0 Å². The molecule has 0 bridgehead atoms. The van der Waals surface area contributed by atoms with Gasteiger partial charge in [-0.25, -0.2) is 0 Å². The van der Waals surface area contributed by atoms with Gasteiger partial charge in [0.25, 0.3) is 0 Å². The van der Waals surface area contributed by atoms with Gasteiger partial charge in [-0.2, -0.15) is 0 Å². The summed E-state index contributed by atoms with van der Waals surface area (Å²) in [5, 5.41) is 0. The molecule has 0 saturated carbocycles. The van der Waals surface area contributed by atoms with Crippen molar-refractivity contribution in [3.8, 4) is 0 Å². The molecular weight excluding hydrogens is 134 g/mol. The average molecular weight is 156 g/mol. The standard InChI is InChI=1S/C10H22N/c1-6-10-9(3)8(2)7-11(10,4)5/h8-10H,6-7H2,1-5H3/q+1. The van der Waals surface area contributed by atoms with Gasteiger partial charge in [0.1, 0.15) is 0 Å². The van der Waals surface area contributed by atoms with Crippen LogP contribution in [0, 0.1) is 11.8 Å². The highest BCUT2D eigenvalue weighted by Gasteiger charge is 2.43. The summed E-state index contributed by atoms with van der Waals surface area (Å²) >= 11 is 0. The molecule has 0 aliphatic carbocycles.